The lowest BCUT2D eigenvalue weighted by Gasteiger charge is -2.29. The lowest BCUT2D eigenvalue weighted by atomic mass is 10.3. The molecule has 4 heteroatoms. The summed E-state index contributed by atoms with van der Waals surface area (Å²) in [6.07, 6.45) is 1.81. The van der Waals surface area contributed by atoms with Gasteiger partial charge in [0.05, 0.1) is 12.2 Å². The van der Waals surface area contributed by atoms with Gasteiger partial charge in [-0.15, -0.1) is 0 Å². The average Bonchev–Trinajstić information content (AvgIpc) is 2.27. The van der Waals surface area contributed by atoms with Crippen LogP contribution in [-0.4, -0.2) is 27.6 Å². The van der Waals surface area contributed by atoms with Crippen molar-refractivity contribution in [2.75, 3.05) is 6.54 Å². The van der Waals surface area contributed by atoms with Crippen LogP contribution >= 0.6 is 12.2 Å². The van der Waals surface area contributed by atoms with E-state index in [2.05, 4.69) is 29.0 Å². The minimum absolute atomic E-state index is 0.369. The topological polar surface area (TPSA) is 28.2 Å². The Morgan fingerprint density at radius 3 is 2.75 bits per heavy atom. The minimum atomic E-state index is 0.369. The second-order valence-corrected chi connectivity index (χ2v) is 4.26. The highest BCUT2D eigenvalue weighted by Crippen LogP contribution is 2.06. The van der Waals surface area contributed by atoms with Crippen LogP contribution in [0.5, 0.6) is 0 Å². The molecule has 0 bridgehead atoms. The van der Waals surface area contributed by atoms with Crippen LogP contribution in [0.1, 0.15) is 26.5 Å². The first kappa shape index (κ1) is 12.9. The number of aromatic nitrogens is 1. The lowest BCUT2D eigenvalue weighted by molar-refractivity contribution is 0.334. The van der Waals surface area contributed by atoms with Crippen LogP contribution in [0.2, 0.25) is 0 Å². The van der Waals surface area contributed by atoms with Crippen LogP contribution in [0, 0.1) is 0 Å². The van der Waals surface area contributed by atoms with Gasteiger partial charge in [0.15, 0.2) is 5.11 Å². The second-order valence-electron chi connectivity index (χ2n) is 3.88. The molecule has 3 nitrogen and oxygen atoms in total. The number of nitrogens with zero attached hydrogens (tertiary/aromatic N) is 2. The first-order chi connectivity index (χ1) is 7.65. The van der Waals surface area contributed by atoms with E-state index in [4.69, 9.17) is 12.2 Å². The zero-order valence-corrected chi connectivity index (χ0v) is 10.9. The van der Waals surface area contributed by atoms with Gasteiger partial charge in [0.2, 0.25) is 0 Å². The van der Waals surface area contributed by atoms with Crippen molar-refractivity contribution in [1.82, 2.24) is 15.2 Å². The minimum Gasteiger partial charge on any atom is -0.363 e. The maximum Gasteiger partial charge on any atom is 0.169 e. The van der Waals surface area contributed by atoms with Gasteiger partial charge < -0.3 is 10.2 Å². The number of thiocarbonyl (C=S) groups is 1. The van der Waals surface area contributed by atoms with Crippen molar-refractivity contribution in [1.29, 1.82) is 0 Å². The van der Waals surface area contributed by atoms with Gasteiger partial charge in [-0.3, -0.25) is 4.98 Å². The molecule has 88 valence electrons. The molecule has 0 radical (unpaired) electrons. The third kappa shape index (κ3) is 3.77. The Morgan fingerprint density at radius 1 is 1.50 bits per heavy atom. The van der Waals surface area contributed by atoms with E-state index >= 15 is 0 Å². The molecule has 16 heavy (non-hydrogen) atoms. The molecule has 0 aliphatic carbocycles. The molecule has 1 N–H and O–H groups in total. The molecule has 0 fully saturated rings. The number of hydrogen-bond donors (Lipinski definition) is 1. The molecule has 0 spiro atoms. The zero-order chi connectivity index (χ0) is 12.0. The summed E-state index contributed by atoms with van der Waals surface area (Å²) in [5, 5.41) is 3.97. The smallest absolute Gasteiger partial charge is 0.169 e. The van der Waals surface area contributed by atoms with E-state index in [1.54, 1.807) is 0 Å². The SMILES string of the molecule is CCNC(=S)N(Cc1ccccn1)C(C)C. The summed E-state index contributed by atoms with van der Waals surface area (Å²) < 4.78 is 0. The molecule has 1 rings (SSSR count). The Labute approximate surface area is 103 Å². The molecule has 0 aromatic carbocycles. The largest absolute Gasteiger partial charge is 0.363 e. The number of nitrogens with one attached hydrogen (secondary N) is 1. The highest BCUT2D eigenvalue weighted by Gasteiger charge is 2.13. The van der Waals surface area contributed by atoms with E-state index in [-0.39, 0.29) is 0 Å². The third-order valence-electron chi connectivity index (χ3n) is 2.27. The molecule has 0 amide bonds. The Morgan fingerprint density at radius 2 is 2.25 bits per heavy atom. The highest BCUT2D eigenvalue weighted by molar-refractivity contribution is 7.80. The summed E-state index contributed by atoms with van der Waals surface area (Å²) in [7, 11) is 0. The number of hydrogen-bond acceptors (Lipinski definition) is 2. The fraction of sp³-hybridized carbons (Fsp3) is 0.500. The van der Waals surface area contributed by atoms with Gasteiger partial charge in [-0.1, -0.05) is 6.07 Å². The molecular weight excluding hydrogens is 218 g/mol. The van der Waals surface area contributed by atoms with Gasteiger partial charge in [-0.25, -0.2) is 0 Å². The molecule has 1 heterocycles. The normalized spacial score (nSPS) is 10.2. The van der Waals surface area contributed by atoms with E-state index in [0.29, 0.717) is 6.04 Å². The summed E-state index contributed by atoms with van der Waals surface area (Å²) in [6, 6.07) is 6.31. The fourth-order valence-corrected chi connectivity index (χ4v) is 1.83. The van der Waals surface area contributed by atoms with E-state index in [1.807, 2.05) is 31.3 Å². The van der Waals surface area contributed by atoms with Crippen molar-refractivity contribution in [3.63, 3.8) is 0 Å². The van der Waals surface area contributed by atoms with Crippen LogP contribution in [-0.2, 0) is 6.54 Å². The summed E-state index contributed by atoms with van der Waals surface area (Å²) >= 11 is 5.34. The van der Waals surface area contributed by atoms with Crippen LogP contribution in [0.4, 0.5) is 0 Å². The monoisotopic (exact) mass is 237 g/mol. The molecule has 0 saturated heterocycles. The van der Waals surface area contributed by atoms with Crippen molar-refractivity contribution in [2.45, 2.75) is 33.4 Å². The Bertz CT molecular complexity index is 324. The zero-order valence-electron chi connectivity index (χ0n) is 10.1. The fourth-order valence-electron chi connectivity index (χ4n) is 1.41. The van der Waals surface area contributed by atoms with Crippen molar-refractivity contribution < 1.29 is 0 Å². The molecule has 1 aromatic rings. The van der Waals surface area contributed by atoms with E-state index < -0.39 is 0 Å². The molecule has 0 aliphatic rings. The van der Waals surface area contributed by atoms with E-state index in [0.717, 1.165) is 23.9 Å². The Hall–Kier alpha value is -1.16. The maximum absolute atomic E-state index is 5.34. The first-order valence-corrected chi connectivity index (χ1v) is 6.00. The lowest BCUT2D eigenvalue weighted by Crippen LogP contribution is -2.43. The molecular formula is C12H19N3S. The quantitative estimate of drug-likeness (QED) is 0.813. The molecule has 0 saturated carbocycles. The highest BCUT2D eigenvalue weighted by atomic mass is 32.1. The summed E-state index contributed by atoms with van der Waals surface area (Å²) in [4.78, 5) is 6.45. The predicted molar refractivity (Wildman–Crippen MR) is 71.2 cm³/mol. The van der Waals surface area contributed by atoms with Crippen LogP contribution < -0.4 is 5.32 Å². The summed E-state index contributed by atoms with van der Waals surface area (Å²) in [6.45, 7) is 7.92. The number of rotatable bonds is 4. The third-order valence-corrected chi connectivity index (χ3v) is 2.65. The Kier molecular flexibility index (Phi) is 5.19. The molecule has 0 aliphatic heterocycles. The van der Waals surface area contributed by atoms with Crippen molar-refractivity contribution in [3.8, 4) is 0 Å². The van der Waals surface area contributed by atoms with Gasteiger partial charge in [0.1, 0.15) is 0 Å². The predicted octanol–water partition coefficient (Wildman–Crippen LogP) is 2.19. The maximum atomic E-state index is 5.34. The molecule has 0 atom stereocenters. The van der Waals surface area contributed by atoms with Gasteiger partial charge in [0.25, 0.3) is 0 Å². The van der Waals surface area contributed by atoms with Gasteiger partial charge in [0, 0.05) is 18.8 Å². The van der Waals surface area contributed by atoms with Crippen molar-refractivity contribution in [3.05, 3.63) is 30.1 Å². The standard InChI is InChI=1S/C12H19N3S/c1-4-13-12(16)15(10(2)3)9-11-7-5-6-8-14-11/h5-8,10H,4,9H2,1-3H3,(H,13,16). The average molecular weight is 237 g/mol. The van der Waals surface area contributed by atoms with Crippen LogP contribution in [0.15, 0.2) is 24.4 Å². The van der Waals surface area contributed by atoms with Gasteiger partial charge >= 0.3 is 0 Å². The second kappa shape index (κ2) is 6.43. The van der Waals surface area contributed by atoms with E-state index in [9.17, 15) is 0 Å². The van der Waals surface area contributed by atoms with Gasteiger partial charge in [-0.2, -0.15) is 0 Å². The Balaban J connectivity index is 2.69. The molecule has 1 aromatic heterocycles. The van der Waals surface area contributed by atoms with Gasteiger partial charge in [-0.05, 0) is 45.1 Å². The first-order valence-electron chi connectivity index (χ1n) is 5.59. The van der Waals surface area contributed by atoms with Crippen molar-refractivity contribution in [2.24, 2.45) is 0 Å². The van der Waals surface area contributed by atoms with E-state index in [1.165, 1.54) is 0 Å². The summed E-state index contributed by atoms with van der Waals surface area (Å²) in [5.41, 5.74) is 1.04. The number of pyridine rings is 1. The summed E-state index contributed by atoms with van der Waals surface area (Å²) in [5.74, 6) is 0. The van der Waals surface area contributed by atoms with Crippen molar-refractivity contribution >= 4 is 17.3 Å². The van der Waals surface area contributed by atoms with Crippen LogP contribution in [0.25, 0.3) is 0 Å². The molecule has 0 unspecified atom stereocenters. The van der Waals surface area contributed by atoms with Crippen LogP contribution in [0.3, 0.4) is 0 Å².